The van der Waals surface area contributed by atoms with Crippen LogP contribution < -0.4 is 5.32 Å². The van der Waals surface area contributed by atoms with Crippen molar-refractivity contribution in [2.75, 3.05) is 18.9 Å². The monoisotopic (exact) mass is 385 g/mol. The third-order valence-electron chi connectivity index (χ3n) is 4.10. The van der Waals surface area contributed by atoms with Crippen molar-refractivity contribution in [1.82, 2.24) is 9.88 Å². The molecule has 0 saturated heterocycles. The van der Waals surface area contributed by atoms with Crippen molar-refractivity contribution in [2.24, 2.45) is 0 Å². The number of thiophene rings is 1. The van der Waals surface area contributed by atoms with Gasteiger partial charge in [-0.15, -0.1) is 11.3 Å². The third kappa shape index (κ3) is 4.00. The largest absolute Gasteiger partial charge is 0.331 e. The first kappa shape index (κ1) is 18.3. The van der Waals surface area contributed by atoms with E-state index in [1.165, 1.54) is 16.2 Å². The summed E-state index contributed by atoms with van der Waals surface area (Å²) in [6.07, 6.45) is 0. The Kier molecular flexibility index (Phi) is 5.49. The molecule has 0 atom stereocenters. The lowest BCUT2D eigenvalue weighted by molar-refractivity contribution is -0.116. The van der Waals surface area contributed by atoms with Crippen LogP contribution in [-0.2, 0) is 4.79 Å². The Balaban J connectivity index is 1.64. The van der Waals surface area contributed by atoms with Crippen LogP contribution in [0.1, 0.15) is 21.6 Å². The lowest BCUT2D eigenvalue weighted by Gasteiger charge is -2.16. The molecule has 5 nitrogen and oxygen atoms in total. The molecule has 0 fully saturated rings. The smallest absolute Gasteiger partial charge is 0.273 e. The Bertz CT molecular complexity index is 932. The molecule has 0 aliphatic carbocycles. The molecule has 1 aromatic carbocycles. The van der Waals surface area contributed by atoms with Crippen LogP contribution in [0.5, 0.6) is 0 Å². The first-order chi connectivity index (χ1) is 12.5. The number of amides is 2. The van der Waals surface area contributed by atoms with Crippen molar-refractivity contribution in [3.8, 4) is 10.6 Å². The number of benzene rings is 1. The van der Waals surface area contributed by atoms with Crippen LogP contribution in [-0.4, -0.2) is 35.3 Å². The fourth-order valence-electron chi connectivity index (χ4n) is 2.45. The zero-order valence-electron chi connectivity index (χ0n) is 14.8. The Hall–Kier alpha value is -2.51. The van der Waals surface area contributed by atoms with Crippen LogP contribution in [0.25, 0.3) is 10.6 Å². The normalized spacial score (nSPS) is 10.6. The van der Waals surface area contributed by atoms with Gasteiger partial charge in [-0.05, 0) is 42.5 Å². The molecule has 2 heterocycles. The lowest BCUT2D eigenvalue weighted by atomic mass is 10.1. The van der Waals surface area contributed by atoms with E-state index in [9.17, 15) is 9.59 Å². The van der Waals surface area contributed by atoms with Gasteiger partial charge in [-0.2, -0.15) is 11.3 Å². The number of hydrogen-bond acceptors (Lipinski definition) is 5. The van der Waals surface area contributed by atoms with E-state index in [1.54, 1.807) is 23.8 Å². The summed E-state index contributed by atoms with van der Waals surface area (Å²) >= 11 is 3.01. The fourth-order valence-corrected chi connectivity index (χ4v) is 3.96. The van der Waals surface area contributed by atoms with Gasteiger partial charge in [0.1, 0.15) is 10.7 Å². The van der Waals surface area contributed by atoms with Crippen LogP contribution in [0, 0.1) is 13.8 Å². The highest BCUT2D eigenvalue weighted by atomic mass is 32.1. The maximum Gasteiger partial charge on any atom is 0.273 e. The number of carbonyl (C=O) groups excluding carboxylic acids is 2. The highest BCUT2D eigenvalue weighted by Gasteiger charge is 2.19. The number of anilines is 1. The van der Waals surface area contributed by atoms with Crippen LogP contribution >= 0.6 is 22.7 Å². The van der Waals surface area contributed by atoms with Crippen LogP contribution in [0.15, 0.2) is 40.4 Å². The van der Waals surface area contributed by atoms with Crippen molar-refractivity contribution in [3.63, 3.8) is 0 Å². The van der Waals surface area contributed by atoms with Crippen LogP contribution in [0.2, 0.25) is 0 Å². The summed E-state index contributed by atoms with van der Waals surface area (Å²) in [6.45, 7) is 3.92. The van der Waals surface area contributed by atoms with Crippen molar-refractivity contribution in [2.45, 2.75) is 13.8 Å². The van der Waals surface area contributed by atoms with E-state index < -0.39 is 0 Å². The van der Waals surface area contributed by atoms with Gasteiger partial charge in [0.25, 0.3) is 5.91 Å². The van der Waals surface area contributed by atoms with E-state index in [1.807, 2.05) is 48.9 Å². The molecule has 3 rings (SSSR count). The summed E-state index contributed by atoms with van der Waals surface area (Å²) in [7, 11) is 1.61. The summed E-state index contributed by atoms with van der Waals surface area (Å²) in [6, 6.07) is 7.72. The number of hydrogen-bond donors (Lipinski definition) is 1. The van der Waals surface area contributed by atoms with Crippen molar-refractivity contribution in [3.05, 3.63) is 57.2 Å². The Morgan fingerprint density at radius 3 is 2.73 bits per heavy atom. The minimum Gasteiger partial charge on any atom is -0.331 e. The molecule has 26 heavy (non-hydrogen) atoms. The van der Waals surface area contributed by atoms with Gasteiger partial charge in [-0.25, -0.2) is 4.98 Å². The van der Waals surface area contributed by atoms with E-state index >= 15 is 0 Å². The number of nitrogens with one attached hydrogen (secondary N) is 1. The van der Waals surface area contributed by atoms with Gasteiger partial charge in [-0.3, -0.25) is 9.59 Å². The standard InChI is InChI=1S/C19H19N3O2S2/c1-12-5-4-6-15(13(12)2)20-17(23)9-22(3)19(24)16-11-26-18(21-16)14-7-8-25-10-14/h4-8,10-11H,9H2,1-3H3,(H,20,23). The molecule has 0 unspecified atom stereocenters. The Labute approximate surface area is 160 Å². The quantitative estimate of drug-likeness (QED) is 0.716. The van der Waals surface area contributed by atoms with Crippen LogP contribution in [0.4, 0.5) is 5.69 Å². The number of rotatable bonds is 5. The number of likely N-dealkylation sites (N-methyl/N-ethyl adjacent to an activating group) is 1. The van der Waals surface area contributed by atoms with Gasteiger partial charge >= 0.3 is 0 Å². The molecule has 1 N–H and O–H groups in total. The van der Waals surface area contributed by atoms with Gasteiger partial charge in [0.2, 0.25) is 5.91 Å². The molecule has 2 aromatic heterocycles. The summed E-state index contributed by atoms with van der Waals surface area (Å²) in [4.78, 5) is 30.6. The topological polar surface area (TPSA) is 62.3 Å². The molecule has 0 aliphatic rings. The maximum atomic E-state index is 12.5. The van der Waals surface area contributed by atoms with Crippen molar-refractivity contribution >= 4 is 40.2 Å². The Morgan fingerprint density at radius 2 is 2.00 bits per heavy atom. The number of thiazole rings is 1. The summed E-state index contributed by atoms with van der Waals surface area (Å²) in [5.74, 6) is -0.498. The van der Waals surface area contributed by atoms with E-state index in [-0.39, 0.29) is 18.4 Å². The summed E-state index contributed by atoms with van der Waals surface area (Å²) < 4.78 is 0. The highest BCUT2D eigenvalue weighted by Crippen LogP contribution is 2.26. The summed E-state index contributed by atoms with van der Waals surface area (Å²) in [5, 5.41) is 9.37. The first-order valence-corrected chi connectivity index (χ1v) is 9.87. The Morgan fingerprint density at radius 1 is 1.19 bits per heavy atom. The van der Waals surface area contributed by atoms with Gasteiger partial charge in [0.15, 0.2) is 0 Å². The second-order valence-corrected chi connectivity index (χ2v) is 7.64. The molecule has 3 aromatic rings. The zero-order chi connectivity index (χ0) is 18.7. The number of aromatic nitrogens is 1. The molecule has 0 saturated carbocycles. The minimum atomic E-state index is -0.265. The SMILES string of the molecule is Cc1cccc(NC(=O)CN(C)C(=O)c2csc(-c3ccsc3)n2)c1C. The number of nitrogens with zero attached hydrogens (tertiary/aromatic N) is 2. The zero-order valence-corrected chi connectivity index (χ0v) is 16.4. The predicted molar refractivity (Wildman–Crippen MR) is 107 cm³/mol. The predicted octanol–water partition coefficient (Wildman–Crippen LogP) is 4.20. The average molecular weight is 386 g/mol. The summed E-state index contributed by atoms with van der Waals surface area (Å²) in [5.41, 5.74) is 4.27. The first-order valence-electron chi connectivity index (χ1n) is 8.05. The molecule has 7 heteroatoms. The van der Waals surface area contributed by atoms with Gasteiger partial charge in [0, 0.05) is 29.1 Å². The van der Waals surface area contributed by atoms with E-state index in [0.717, 1.165) is 27.4 Å². The van der Waals surface area contributed by atoms with Crippen molar-refractivity contribution < 1.29 is 9.59 Å². The molecule has 0 bridgehead atoms. The van der Waals surface area contributed by atoms with Gasteiger partial charge in [-0.1, -0.05) is 12.1 Å². The molecule has 134 valence electrons. The molecular formula is C19H19N3O2S2. The van der Waals surface area contributed by atoms with Crippen LogP contribution in [0.3, 0.4) is 0 Å². The van der Waals surface area contributed by atoms with Gasteiger partial charge in [0.05, 0.1) is 6.54 Å². The van der Waals surface area contributed by atoms with E-state index in [2.05, 4.69) is 10.3 Å². The molecular weight excluding hydrogens is 366 g/mol. The highest BCUT2D eigenvalue weighted by molar-refractivity contribution is 7.14. The third-order valence-corrected chi connectivity index (χ3v) is 5.67. The second kappa shape index (κ2) is 7.80. The molecule has 0 radical (unpaired) electrons. The number of carbonyl (C=O) groups is 2. The lowest BCUT2D eigenvalue weighted by Crippen LogP contribution is -2.35. The second-order valence-electron chi connectivity index (χ2n) is 6.01. The molecule has 0 spiro atoms. The molecule has 2 amide bonds. The maximum absolute atomic E-state index is 12.5. The van der Waals surface area contributed by atoms with E-state index in [0.29, 0.717) is 5.69 Å². The molecule has 0 aliphatic heterocycles. The van der Waals surface area contributed by atoms with Crippen molar-refractivity contribution in [1.29, 1.82) is 0 Å². The van der Waals surface area contributed by atoms with E-state index in [4.69, 9.17) is 0 Å². The minimum absolute atomic E-state index is 0.0302. The fraction of sp³-hybridized carbons (Fsp3) is 0.211. The number of aryl methyl sites for hydroxylation is 1. The average Bonchev–Trinajstić information content (AvgIpc) is 3.29. The van der Waals surface area contributed by atoms with Gasteiger partial charge < -0.3 is 10.2 Å².